The number of alkyl halides is 1. The van der Waals surface area contributed by atoms with Crippen LogP contribution < -0.4 is 0 Å². The minimum Gasteiger partial charge on any atom is -0.468 e. The minimum absolute atomic E-state index is 0.237. The highest BCUT2D eigenvalue weighted by atomic mass is 79.9. The number of carbonyl (C=O) groups excluding carboxylic acids is 2. The number of rotatable bonds is 3. The van der Waals surface area contributed by atoms with Gasteiger partial charge in [0.1, 0.15) is 10.4 Å². The first-order valence-electron chi connectivity index (χ1n) is 6.92. The SMILES string of the molecule is COC(=O)[C@@H](Br)CC1CCN(C(=O)OC(C)(C)C)CC1. The third-order valence-corrected chi connectivity index (χ3v) is 4.01. The van der Waals surface area contributed by atoms with Crippen LogP contribution in [-0.4, -0.2) is 47.6 Å². The molecule has 0 aromatic heterocycles. The Hall–Kier alpha value is -0.780. The Labute approximate surface area is 129 Å². The highest BCUT2D eigenvalue weighted by Gasteiger charge is 2.29. The number of halogens is 1. The van der Waals surface area contributed by atoms with E-state index in [9.17, 15) is 9.59 Å². The number of carbonyl (C=O) groups is 2. The zero-order valence-electron chi connectivity index (χ0n) is 12.6. The predicted octanol–water partition coefficient (Wildman–Crippen LogP) is 2.96. The minimum atomic E-state index is -0.459. The van der Waals surface area contributed by atoms with Crippen LogP contribution in [0, 0.1) is 5.92 Å². The lowest BCUT2D eigenvalue weighted by Crippen LogP contribution is -2.42. The van der Waals surface area contributed by atoms with E-state index in [1.807, 2.05) is 20.8 Å². The van der Waals surface area contributed by atoms with Crippen molar-refractivity contribution in [1.82, 2.24) is 4.90 Å². The first-order valence-corrected chi connectivity index (χ1v) is 7.84. The molecule has 0 aromatic carbocycles. The molecule has 0 unspecified atom stereocenters. The Morgan fingerprint density at radius 2 is 1.85 bits per heavy atom. The molecule has 0 N–H and O–H groups in total. The van der Waals surface area contributed by atoms with E-state index in [1.54, 1.807) is 4.90 Å². The molecule has 1 aliphatic heterocycles. The van der Waals surface area contributed by atoms with E-state index in [0.717, 1.165) is 19.3 Å². The van der Waals surface area contributed by atoms with Crippen LogP contribution in [0.1, 0.15) is 40.0 Å². The molecule has 1 saturated heterocycles. The second-order valence-corrected chi connectivity index (χ2v) is 7.24. The molecule has 1 atom stereocenters. The van der Waals surface area contributed by atoms with Gasteiger partial charge in [0.2, 0.25) is 0 Å². The van der Waals surface area contributed by atoms with Crippen molar-refractivity contribution < 1.29 is 19.1 Å². The molecule has 0 spiro atoms. The maximum absolute atomic E-state index is 11.9. The summed E-state index contributed by atoms with van der Waals surface area (Å²) >= 11 is 3.34. The van der Waals surface area contributed by atoms with Gasteiger partial charge in [-0.2, -0.15) is 0 Å². The summed E-state index contributed by atoms with van der Waals surface area (Å²) in [7, 11) is 1.39. The second-order valence-electron chi connectivity index (χ2n) is 6.14. The van der Waals surface area contributed by atoms with Crippen molar-refractivity contribution in [3.05, 3.63) is 0 Å². The number of esters is 1. The molecule has 1 amide bonds. The van der Waals surface area contributed by atoms with Crippen molar-refractivity contribution in [2.75, 3.05) is 20.2 Å². The van der Waals surface area contributed by atoms with Crippen molar-refractivity contribution in [3.8, 4) is 0 Å². The number of nitrogens with zero attached hydrogens (tertiary/aromatic N) is 1. The van der Waals surface area contributed by atoms with E-state index in [1.165, 1.54) is 7.11 Å². The molecule has 0 saturated carbocycles. The van der Waals surface area contributed by atoms with Crippen molar-refractivity contribution in [2.45, 2.75) is 50.5 Å². The molecule has 0 bridgehead atoms. The summed E-state index contributed by atoms with van der Waals surface area (Å²) < 4.78 is 10.1. The Balaban J connectivity index is 2.36. The maximum Gasteiger partial charge on any atom is 0.410 e. The number of ether oxygens (including phenoxy) is 2. The number of hydrogen-bond acceptors (Lipinski definition) is 4. The molecule has 0 aliphatic carbocycles. The molecule has 0 aromatic rings. The van der Waals surface area contributed by atoms with Gasteiger partial charge < -0.3 is 14.4 Å². The third-order valence-electron chi connectivity index (χ3n) is 3.26. The average Bonchev–Trinajstić information content (AvgIpc) is 2.36. The molecule has 5 nitrogen and oxygen atoms in total. The van der Waals surface area contributed by atoms with Crippen molar-refractivity contribution in [3.63, 3.8) is 0 Å². The maximum atomic E-state index is 11.9. The summed E-state index contributed by atoms with van der Waals surface area (Å²) in [5.41, 5.74) is -0.459. The Morgan fingerprint density at radius 1 is 1.30 bits per heavy atom. The standard InChI is InChI=1S/C14H24BrNO4/c1-14(2,3)20-13(18)16-7-5-10(6-8-16)9-11(15)12(17)19-4/h10-11H,5-9H2,1-4H3/t11-/m0/s1. The molecule has 116 valence electrons. The zero-order valence-corrected chi connectivity index (χ0v) is 14.2. The summed E-state index contributed by atoms with van der Waals surface area (Å²) in [6, 6.07) is 0. The molecule has 6 heteroatoms. The fourth-order valence-electron chi connectivity index (χ4n) is 2.19. The fraction of sp³-hybridized carbons (Fsp3) is 0.857. The smallest absolute Gasteiger partial charge is 0.410 e. The number of hydrogen-bond donors (Lipinski definition) is 0. The highest BCUT2D eigenvalue weighted by molar-refractivity contribution is 9.10. The normalized spacial score (nSPS) is 18.6. The lowest BCUT2D eigenvalue weighted by molar-refractivity contribution is -0.140. The molecule has 1 rings (SSSR count). The Bertz CT molecular complexity index is 346. The van der Waals surface area contributed by atoms with Crippen LogP contribution >= 0.6 is 15.9 Å². The van der Waals surface area contributed by atoms with Crippen LogP contribution in [0.15, 0.2) is 0 Å². The summed E-state index contributed by atoms with van der Waals surface area (Å²) in [5, 5.41) is 0. The molecule has 20 heavy (non-hydrogen) atoms. The van der Waals surface area contributed by atoms with Gasteiger partial charge in [0.25, 0.3) is 0 Å². The first-order chi connectivity index (χ1) is 9.23. The van der Waals surface area contributed by atoms with E-state index in [4.69, 9.17) is 9.47 Å². The second kappa shape index (κ2) is 7.29. The highest BCUT2D eigenvalue weighted by Crippen LogP contribution is 2.26. The third kappa shape index (κ3) is 5.69. The van der Waals surface area contributed by atoms with Crippen LogP contribution in [0.3, 0.4) is 0 Å². The molecular weight excluding hydrogens is 326 g/mol. The van der Waals surface area contributed by atoms with Gasteiger partial charge in [-0.15, -0.1) is 0 Å². The van der Waals surface area contributed by atoms with Crippen molar-refractivity contribution >= 4 is 28.0 Å². The van der Waals surface area contributed by atoms with Gasteiger partial charge in [0.15, 0.2) is 0 Å². The van der Waals surface area contributed by atoms with Crippen LogP contribution in [0.5, 0.6) is 0 Å². The van der Waals surface area contributed by atoms with E-state index >= 15 is 0 Å². The lowest BCUT2D eigenvalue weighted by atomic mass is 9.92. The summed E-state index contributed by atoms with van der Waals surface area (Å²) in [4.78, 5) is 24.8. The van der Waals surface area contributed by atoms with Crippen LogP contribution in [0.4, 0.5) is 4.79 Å². The number of methoxy groups -OCH3 is 1. The average molecular weight is 350 g/mol. The van der Waals surface area contributed by atoms with Crippen LogP contribution in [0.2, 0.25) is 0 Å². The number of amides is 1. The lowest BCUT2D eigenvalue weighted by Gasteiger charge is -2.33. The van der Waals surface area contributed by atoms with Gasteiger partial charge in [-0.05, 0) is 46.0 Å². The van der Waals surface area contributed by atoms with Gasteiger partial charge in [-0.1, -0.05) is 15.9 Å². The van der Waals surface area contributed by atoms with Crippen LogP contribution in [-0.2, 0) is 14.3 Å². The van der Waals surface area contributed by atoms with Crippen LogP contribution in [0.25, 0.3) is 0 Å². The Kier molecular flexibility index (Phi) is 6.30. The fourth-order valence-corrected chi connectivity index (χ4v) is 2.91. The van der Waals surface area contributed by atoms with Gasteiger partial charge in [-0.3, -0.25) is 4.79 Å². The Morgan fingerprint density at radius 3 is 2.30 bits per heavy atom. The molecule has 1 aliphatic rings. The van der Waals surface area contributed by atoms with E-state index < -0.39 is 5.60 Å². The van der Waals surface area contributed by atoms with E-state index in [2.05, 4.69) is 15.9 Å². The van der Waals surface area contributed by atoms with Gasteiger partial charge in [-0.25, -0.2) is 4.79 Å². The first kappa shape index (κ1) is 17.3. The summed E-state index contributed by atoms with van der Waals surface area (Å²) in [6.07, 6.45) is 2.27. The molecule has 1 heterocycles. The topological polar surface area (TPSA) is 55.8 Å². The van der Waals surface area contributed by atoms with Crippen molar-refractivity contribution in [1.29, 1.82) is 0 Å². The quantitative estimate of drug-likeness (QED) is 0.580. The molecule has 0 radical (unpaired) electrons. The van der Waals surface area contributed by atoms with Gasteiger partial charge >= 0.3 is 12.1 Å². The number of piperidine rings is 1. The monoisotopic (exact) mass is 349 g/mol. The predicted molar refractivity (Wildman–Crippen MR) is 79.9 cm³/mol. The molecule has 1 fully saturated rings. The van der Waals surface area contributed by atoms with E-state index in [-0.39, 0.29) is 16.9 Å². The summed E-state index contributed by atoms with van der Waals surface area (Å²) in [6.45, 7) is 6.96. The van der Waals surface area contributed by atoms with E-state index in [0.29, 0.717) is 19.0 Å². The largest absolute Gasteiger partial charge is 0.468 e. The number of likely N-dealkylation sites (tertiary alicyclic amines) is 1. The molecular formula is C14H24BrNO4. The van der Waals surface area contributed by atoms with Gasteiger partial charge in [0.05, 0.1) is 7.11 Å². The van der Waals surface area contributed by atoms with Gasteiger partial charge in [0, 0.05) is 13.1 Å². The van der Waals surface area contributed by atoms with Crippen molar-refractivity contribution in [2.24, 2.45) is 5.92 Å². The summed E-state index contributed by atoms with van der Waals surface area (Å²) in [5.74, 6) is 0.191. The zero-order chi connectivity index (χ0) is 15.3.